The highest BCUT2D eigenvalue weighted by Gasteiger charge is 2.40. The third-order valence-electron chi connectivity index (χ3n) is 3.46. The van der Waals surface area contributed by atoms with Crippen molar-refractivity contribution in [2.45, 2.75) is 58.3 Å². The predicted octanol–water partition coefficient (Wildman–Crippen LogP) is 2.90. The highest BCUT2D eigenvalue weighted by molar-refractivity contribution is 6.76. The zero-order valence-electron chi connectivity index (χ0n) is 15.3. The molecule has 0 fully saturated rings. The van der Waals surface area contributed by atoms with Crippen molar-refractivity contribution >= 4 is 36.2 Å². The van der Waals surface area contributed by atoms with Gasteiger partial charge in [0.05, 0.1) is 13.2 Å². The van der Waals surface area contributed by atoms with E-state index in [0.29, 0.717) is 6.61 Å². The molecule has 0 amide bonds. The average molecular weight is 365 g/mol. The van der Waals surface area contributed by atoms with Crippen LogP contribution in [0, 0.1) is 5.41 Å². The van der Waals surface area contributed by atoms with Gasteiger partial charge in [-0.3, -0.25) is 0 Å². The van der Waals surface area contributed by atoms with Crippen molar-refractivity contribution in [2.24, 2.45) is 5.41 Å². The number of hydrogen-bond acceptors (Lipinski definition) is 3. The Balaban J connectivity index is 4.94. The van der Waals surface area contributed by atoms with Gasteiger partial charge < -0.3 is 13.0 Å². The first-order chi connectivity index (χ1) is 9.60. The Morgan fingerprint density at radius 3 is 1.76 bits per heavy atom. The van der Waals surface area contributed by atoms with Crippen LogP contribution in [0.2, 0.25) is 51.4 Å². The van der Waals surface area contributed by atoms with Gasteiger partial charge in [0.25, 0.3) is 0 Å². The summed E-state index contributed by atoms with van der Waals surface area (Å²) in [5, 5.41) is 0. The number of ether oxygens (including phenoxy) is 1. The molecule has 0 N–H and O–H groups in total. The molecule has 0 saturated carbocycles. The largest absolute Gasteiger partial charge is 0.461 e. The molecule has 0 aliphatic heterocycles. The average Bonchev–Trinajstić information content (AvgIpc) is 2.26. The minimum Gasteiger partial charge on any atom is -0.461 e. The molecule has 0 atom stereocenters. The molecule has 0 aliphatic rings. The summed E-state index contributed by atoms with van der Waals surface area (Å²) in [6, 6.07) is 2.31. The molecule has 0 saturated heterocycles. The van der Waals surface area contributed by atoms with Crippen LogP contribution in [0.15, 0.2) is 12.7 Å². The summed E-state index contributed by atoms with van der Waals surface area (Å²) in [5.41, 5.74) is 0.168. The van der Waals surface area contributed by atoms with Gasteiger partial charge in [-0.25, -0.2) is 0 Å². The highest BCUT2D eigenvalue weighted by atomic mass is 28.4. The second-order valence-electron chi connectivity index (χ2n) is 7.35. The summed E-state index contributed by atoms with van der Waals surface area (Å²) < 4.78 is 18.2. The molecule has 0 spiro atoms. The Morgan fingerprint density at radius 1 is 1.00 bits per heavy atom. The Labute approximate surface area is 139 Å². The van der Waals surface area contributed by atoms with Crippen molar-refractivity contribution < 1.29 is 13.0 Å². The molecule has 0 aromatic rings. The molecular formula is C14H36O3Si4. The number of hydrogen-bond donors (Lipinski definition) is 0. The summed E-state index contributed by atoms with van der Waals surface area (Å²) >= 11 is 0. The lowest BCUT2D eigenvalue weighted by atomic mass is 9.97. The van der Waals surface area contributed by atoms with Crippen LogP contribution in [-0.2, 0) is 13.0 Å². The number of rotatable bonds is 12. The fraction of sp³-hybridized carbons (Fsp3) is 0.857. The zero-order valence-corrected chi connectivity index (χ0v) is 20.1. The normalized spacial score (nSPS) is 16.9. The van der Waals surface area contributed by atoms with Gasteiger partial charge >= 0.3 is 0 Å². The molecular weight excluding hydrogens is 328 g/mol. The van der Waals surface area contributed by atoms with Crippen molar-refractivity contribution in [1.82, 2.24) is 0 Å². The van der Waals surface area contributed by atoms with Crippen molar-refractivity contribution in [2.75, 3.05) is 13.2 Å². The lowest BCUT2D eigenvalue weighted by molar-refractivity contribution is 0.0869. The third kappa shape index (κ3) is 9.98. The van der Waals surface area contributed by atoms with Gasteiger partial charge in [-0.2, -0.15) is 0 Å². The lowest BCUT2D eigenvalue weighted by Gasteiger charge is -2.40. The van der Waals surface area contributed by atoms with Crippen LogP contribution >= 0.6 is 0 Å². The topological polar surface area (TPSA) is 27.7 Å². The Kier molecular flexibility index (Phi) is 9.81. The van der Waals surface area contributed by atoms with E-state index >= 15 is 0 Å². The van der Waals surface area contributed by atoms with E-state index in [1.807, 2.05) is 6.08 Å². The molecule has 0 aliphatic carbocycles. The van der Waals surface area contributed by atoms with Crippen LogP contribution in [0.5, 0.6) is 0 Å². The second kappa shape index (κ2) is 9.59. The molecule has 7 heteroatoms. The van der Waals surface area contributed by atoms with Crippen LogP contribution < -0.4 is 0 Å². The maximum Gasteiger partial charge on any atom is 0.173 e. The first-order valence-electron chi connectivity index (χ1n) is 8.06. The maximum atomic E-state index is 6.19. The molecule has 0 heterocycles. The monoisotopic (exact) mass is 364 g/mol. The molecule has 0 unspecified atom stereocenters. The van der Waals surface area contributed by atoms with Crippen LogP contribution in [-0.4, -0.2) is 49.4 Å². The van der Waals surface area contributed by atoms with E-state index in [1.54, 1.807) is 0 Å². The molecule has 0 bridgehead atoms. The summed E-state index contributed by atoms with van der Waals surface area (Å²) in [6.07, 6.45) is 1.83. The van der Waals surface area contributed by atoms with E-state index < -0.39 is 16.6 Å². The van der Waals surface area contributed by atoms with Crippen LogP contribution in [0.1, 0.15) is 6.92 Å². The van der Waals surface area contributed by atoms with Gasteiger partial charge in [0.1, 0.15) is 19.5 Å². The minimum absolute atomic E-state index is 0.168. The van der Waals surface area contributed by atoms with Gasteiger partial charge in [-0.05, 0) is 43.7 Å². The fourth-order valence-electron chi connectivity index (χ4n) is 3.49. The van der Waals surface area contributed by atoms with E-state index in [-0.39, 0.29) is 24.9 Å². The summed E-state index contributed by atoms with van der Waals surface area (Å²) in [5.74, 6) is 0. The Hall–Kier alpha value is 0.488. The maximum absolute atomic E-state index is 6.19. The highest BCUT2D eigenvalue weighted by Crippen LogP contribution is 2.38. The molecule has 3 nitrogen and oxygen atoms in total. The van der Waals surface area contributed by atoms with E-state index in [1.165, 1.54) is 0 Å². The Morgan fingerprint density at radius 2 is 1.43 bits per heavy atom. The van der Waals surface area contributed by atoms with Crippen molar-refractivity contribution in [1.29, 1.82) is 0 Å². The smallest absolute Gasteiger partial charge is 0.173 e. The first kappa shape index (κ1) is 21.5. The second-order valence-corrected chi connectivity index (χ2v) is 18.6. The van der Waals surface area contributed by atoms with Crippen molar-refractivity contribution in [3.8, 4) is 0 Å². The van der Waals surface area contributed by atoms with Gasteiger partial charge in [-0.15, -0.1) is 6.58 Å². The lowest BCUT2D eigenvalue weighted by Crippen LogP contribution is -2.45. The van der Waals surface area contributed by atoms with Gasteiger partial charge in [0, 0.05) is 0 Å². The summed E-state index contributed by atoms with van der Waals surface area (Å²) in [6.45, 7) is 21.4. The predicted molar refractivity (Wildman–Crippen MR) is 105 cm³/mol. The van der Waals surface area contributed by atoms with Crippen LogP contribution in [0.3, 0.4) is 0 Å². The van der Waals surface area contributed by atoms with Gasteiger partial charge in [0.15, 0.2) is 16.6 Å². The zero-order chi connectivity index (χ0) is 16.6. The third-order valence-corrected chi connectivity index (χ3v) is 15.4. The van der Waals surface area contributed by atoms with E-state index in [2.05, 4.69) is 52.8 Å². The van der Waals surface area contributed by atoms with Crippen LogP contribution in [0.25, 0.3) is 0 Å². The van der Waals surface area contributed by atoms with E-state index in [4.69, 9.17) is 13.0 Å². The van der Waals surface area contributed by atoms with E-state index in [9.17, 15) is 0 Å². The van der Waals surface area contributed by atoms with Gasteiger partial charge in [-0.1, -0.05) is 26.1 Å². The SMILES string of the molecule is C=CCOCC(C)(C[Si](C)(C)O[SiH2]C)C[Si](C)(C)O[SiH2]C. The molecule has 0 aromatic carbocycles. The quantitative estimate of drug-likeness (QED) is 0.303. The molecule has 0 rings (SSSR count). The molecule has 0 radical (unpaired) electrons. The molecule has 0 aromatic heterocycles. The summed E-state index contributed by atoms with van der Waals surface area (Å²) in [7, 11) is -3.86. The van der Waals surface area contributed by atoms with Crippen molar-refractivity contribution in [3.05, 3.63) is 12.7 Å². The summed E-state index contributed by atoms with van der Waals surface area (Å²) in [4.78, 5) is 0. The molecule has 126 valence electrons. The van der Waals surface area contributed by atoms with Crippen LogP contribution in [0.4, 0.5) is 0 Å². The van der Waals surface area contributed by atoms with Crippen molar-refractivity contribution in [3.63, 3.8) is 0 Å². The Bertz CT molecular complexity index is 289. The first-order valence-corrected chi connectivity index (χ1v) is 18.3. The molecule has 21 heavy (non-hydrogen) atoms. The minimum atomic E-state index is -1.59. The van der Waals surface area contributed by atoms with Gasteiger partial charge in [0.2, 0.25) is 0 Å². The fourth-order valence-corrected chi connectivity index (χ4v) is 15.4. The standard InChI is InChI=1S/C14H36O3Si4/c1-9-10-15-11-14(2,12-20(5,6)16-18-3)13-21(7,8)17-19-4/h9H,1,10-13,18-19H2,2-8H3. The van der Waals surface area contributed by atoms with E-state index in [0.717, 1.165) is 18.7 Å².